The lowest BCUT2D eigenvalue weighted by atomic mass is 10.1. The summed E-state index contributed by atoms with van der Waals surface area (Å²) in [5.74, 6) is 0. The molecule has 0 radical (unpaired) electrons. The molecule has 0 fully saturated rings. The molecular formula is C12H11Cl2N3. The molecule has 0 spiro atoms. The number of aromatic nitrogens is 2. The lowest BCUT2D eigenvalue weighted by molar-refractivity contribution is 0.878. The Bertz CT molecular complexity index is 502. The summed E-state index contributed by atoms with van der Waals surface area (Å²) in [6, 6.07) is 11.8. The molecular weight excluding hydrogens is 257 g/mol. The predicted molar refractivity (Wildman–Crippen MR) is 70.5 cm³/mol. The lowest BCUT2D eigenvalue weighted by Gasteiger charge is -2.16. The summed E-state index contributed by atoms with van der Waals surface area (Å²) in [5.41, 5.74) is 1.85. The van der Waals surface area contributed by atoms with Gasteiger partial charge in [-0.3, -0.25) is 0 Å². The Hall–Kier alpha value is -1.32. The van der Waals surface area contributed by atoms with E-state index in [0.717, 1.165) is 5.56 Å². The first-order chi connectivity index (χ1) is 8.16. The third-order valence-corrected chi connectivity index (χ3v) is 2.85. The molecule has 0 amide bonds. The number of rotatable bonds is 3. The minimum atomic E-state index is 0.119. The molecule has 2 aromatic rings. The highest BCUT2D eigenvalue weighted by Gasteiger charge is 2.09. The molecule has 1 N–H and O–H groups in total. The van der Waals surface area contributed by atoms with Crippen LogP contribution in [0.1, 0.15) is 18.5 Å². The zero-order valence-corrected chi connectivity index (χ0v) is 10.7. The zero-order chi connectivity index (χ0) is 12.3. The summed E-state index contributed by atoms with van der Waals surface area (Å²) < 4.78 is 0. The highest BCUT2D eigenvalue weighted by molar-refractivity contribution is 6.33. The van der Waals surface area contributed by atoms with Crippen molar-refractivity contribution in [1.29, 1.82) is 0 Å². The highest BCUT2D eigenvalue weighted by Crippen LogP contribution is 2.25. The second-order valence-electron chi connectivity index (χ2n) is 3.65. The van der Waals surface area contributed by atoms with Crippen LogP contribution >= 0.6 is 23.2 Å². The first-order valence-electron chi connectivity index (χ1n) is 5.17. The van der Waals surface area contributed by atoms with Crippen molar-refractivity contribution in [2.45, 2.75) is 13.0 Å². The maximum absolute atomic E-state index is 5.93. The quantitative estimate of drug-likeness (QED) is 0.915. The molecule has 0 aliphatic rings. The van der Waals surface area contributed by atoms with Crippen LogP contribution in [0.4, 0.5) is 5.69 Å². The fraction of sp³-hybridized carbons (Fsp3) is 0.167. The van der Waals surface area contributed by atoms with Gasteiger partial charge in [0.15, 0.2) is 10.3 Å². The number of benzene rings is 1. The van der Waals surface area contributed by atoms with Crippen molar-refractivity contribution in [2.75, 3.05) is 5.32 Å². The summed E-state index contributed by atoms with van der Waals surface area (Å²) in [4.78, 5) is 0. The molecule has 88 valence electrons. The SMILES string of the molecule is CC(Nc1cc(Cl)nnc1Cl)c1ccccc1. The van der Waals surface area contributed by atoms with Gasteiger partial charge in [-0.05, 0) is 12.5 Å². The van der Waals surface area contributed by atoms with Gasteiger partial charge >= 0.3 is 0 Å². The van der Waals surface area contributed by atoms with Crippen molar-refractivity contribution >= 4 is 28.9 Å². The molecule has 17 heavy (non-hydrogen) atoms. The zero-order valence-electron chi connectivity index (χ0n) is 9.19. The summed E-state index contributed by atoms with van der Waals surface area (Å²) in [5, 5.41) is 11.3. The molecule has 0 saturated carbocycles. The number of anilines is 1. The smallest absolute Gasteiger partial charge is 0.174 e. The maximum Gasteiger partial charge on any atom is 0.174 e. The molecule has 1 atom stereocenters. The van der Waals surface area contributed by atoms with Crippen LogP contribution in [0.15, 0.2) is 36.4 Å². The van der Waals surface area contributed by atoms with Crippen molar-refractivity contribution in [3.63, 3.8) is 0 Å². The van der Waals surface area contributed by atoms with Crippen LogP contribution in [0, 0.1) is 0 Å². The molecule has 1 aromatic heterocycles. The molecule has 5 heteroatoms. The van der Waals surface area contributed by atoms with Gasteiger partial charge in [-0.15, -0.1) is 10.2 Å². The number of nitrogens with one attached hydrogen (secondary N) is 1. The van der Waals surface area contributed by atoms with Gasteiger partial charge in [0.05, 0.1) is 5.69 Å². The summed E-state index contributed by atoms with van der Waals surface area (Å²) in [6.45, 7) is 2.04. The van der Waals surface area contributed by atoms with Gasteiger partial charge in [0.1, 0.15) is 0 Å². The van der Waals surface area contributed by atoms with Crippen LogP contribution in [0.5, 0.6) is 0 Å². The molecule has 0 bridgehead atoms. The molecule has 0 aliphatic carbocycles. The molecule has 0 aliphatic heterocycles. The van der Waals surface area contributed by atoms with Crippen LogP contribution in [0.2, 0.25) is 10.3 Å². The van der Waals surface area contributed by atoms with Crippen molar-refractivity contribution in [2.24, 2.45) is 0 Å². The Labute approximate surface area is 110 Å². The Balaban J connectivity index is 2.18. The van der Waals surface area contributed by atoms with Crippen LogP contribution < -0.4 is 5.32 Å². The van der Waals surface area contributed by atoms with Crippen LogP contribution in [-0.4, -0.2) is 10.2 Å². The average Bonchev–Trinajstić information content (AvgIpc) is 2.35. The minimum absolute atomic E-state index is 0.119. The largest absolute Gasteiger partial charge is 0.376 e. The molecule has 0 saturated heterocycles. The highest BCUT2D eigenvalue weighted by atomic mass is 35.5. The fourth-order valence-electron chi connectivity index (χ4n) is 1.51. The van der Waals surface area contributed by atoms with E-state index in [-0.39, 0.29) is 6.04 Å². The minimum Gasteiger partial charge on any atom is -0.376 e. The van der Waals surface area contributed by atoms with Crippen molar-refractivity contribution in [1.82, 2.24) is 10.2 Å². The topological polar surface area (TPSA) is 37.8 Å². The fourth-order valence-corrected chi connectivity index (χ4v) is 1.81. The van der Waals surface area contributed by atoms with Gasteiger partial charge in [-0.2, -0.15) is 0 Å². The van der Waals surface area contributed by atoms with Crippen LogP contribution in [0.3, 0.4) is 0 Å². The van der Waals surface area contributed by atoms with E-state index < -0.39 is 0 Å². The Morgan fingerprint density at radius 3 is 2.53 bits per heavy atom. The third-order valence-electron chi connectivity index (χ3n) is 2.39. The molecule has 2 rings (SSSR count). The Morgan fingerprint density at radius 2 is 1.82 bits per heavy atom. The number of hydrogen-bond acceptors (Lipinski definition) is 3. The van der Waals surface area contributed by atoms with E-state index in [9.17, 15) is 0 Å². The van der Waals surface area contributed by atoms with Gasteiger partial charge in [0, 0.05) is 12.1 Å². The van der Waals surface area contributed by atoms with Crippen LogP contribution in [-0.2, 0) is 0 Å². The third kappa shape index (κ3) is 3.08. The van der Waals surface area contributed by atoms with Gasteiger partial charge in [-0.1, -0.05) is 53.5 Å². The van der Waals surface area contributed by atoms with Gasteiger partial charge in [0.25, 0.3) is 0 Å². The second kappa shape index (κ2) is 5.34. The normalized spacial score (nSPS) is 12.2. The summed E-state index contributed by atoms with van der Waals surface area (Å²) in [6.07, 6.45) is 0. The van der Waals surface area contributed by atoms with E-state index >= 15 is 0 Å². The second-order valence-corrected chi connectivity index (χ2v) is 4.39. The van der Waals surface area contributed by atoms with E-state index in [4.69, 9.17) is 23.2 Å². The van der Waals surface area contributed by atoms with Crippen LogP contribution in [0.25, 0.3) is 0 Å². The van der Waals surface area contributed by atoms with Gasteiger partial charge in [0.2, 0.25) is 0 Å². The molecule has 1 aromatic carbocycles. The van der Waals surface area contributed by atoms with E-state index in [1.165, 1.54) is 0 Å². The molecule has 1 heterocycles. The Kier molecular flexibility index (Phi) is 3.82. The van der Waals surface area contributed by atoms with E-state index in [0.29, 0.717) is 16.0 Å². The predicted octanol–water partition coefficient (Wildman–Crippen LogP) is 3.96. The Morgan fingerprint density at radius 1 is 1.12 bits per heavy atom. The van der Waals surface area contributed by atoms with Crippen molar-refractivity contribution in [3.8, 4) is 0 Å². The van der Waals surface area contributed by atoms with Crippen molar-refractivity contribution in [3.05, 3.63) is 52.3 Å². The first-order valence-corrected chi connectivity index (χ1v) is 5.92. The van der Waals surface area contributed by atoms with Gasteiger partial charge in [-0.25, -0.2) is 0 Å². The van der Waals surface area contributed by atoms with E-state index in [2.05, 4.69) is 15.5 Å². The molecule has 1 unspecified atom stereocenters. The standard InChI is InChI=1S/C12H11Cl2N3/c1-8(9-5-3-2-4-6-9)15-10-7-11(13)16-17-12(10)14/h2-8H,1H3,(H,15,16). The lowest BCUT2D eigenvalue weighted by Crippen LogP contribution is -2.07. The number of nitrogens with zero attached hydrogens (tertiary/aromatic N) is 2. The van der Waals surface area contributed by atoms with Gasteiger partial charge < -0.3 is 5.32 Å². The van der Waals surface area contributed by atoms with E-state index in [1.807, 2.05) is 37.3 Å². The molecule has 3 nitrogen and oxygen atoms in total. The number of halogens is 2. The number of hydrogen-bond donors (Lipinski definition) is 1. The maximum atomic E-state index is 5.93. The first kappa shape index (κ1) is 12.1. The van der Waals surface area contributed by atoms with Crippen molar-refractivity contribution < 1.29 is 0 Å². The summed E-state index contributed by atoms with van der Waals surface area (Å²) in [7, 11) is 0. The average molecular weight is 268 g/mol. The monoisotopic (exact) mass is 267 g/mol. The van der Waals surface area contributed by atoms with E-state index in [1.54, 1.807) is 6.07 Å². The summed E-state index contributed by atoms with van der Waals surface area (Å²) >= 11 is 11.7.